The molecule has 2 heterocycles. The predicted molar refractivity (Wildman–Crippen MR) is 96.5 cm³/mol. The maximum atomic E-state index is 12.6. The first-order valence-electron chi connectivity index (χ1n) is 8.36. The fraction of sp³-hybridized carbons (Fsp3) is 0.389. The standard InChI is InChI=1S/C18H21N3O3S/c1-2-24-14-5-3-13(4-6-14)17-20-15(11-25-17)18(23)21-9-7-12(8-10-21)16(19)22/h3-6,11-12H,2,7-10H2,1H3,(H2,19,22). The van der Waals surface area contributed by atoms with Crippen molar-refractivity contribution < 1.29 is 14.3 Å². The minimum absolute atomic E-state index is 0.0867. The summed E-state index contributed by atoms with van der Waals surface area (Å²) in [5.41, 5.74) is 6.74. The predicted octanol–water partition coefficient (Wildman–Crippen LogP) is 2.55. The molecule has 0 bridgehead atoms. The molecule has 1 aromatic heterocycles. The fourth-order valence-corrected chi connectivity index (χ4v) is 3.69. The van der Waals surface area contributed by atoms with E-state index in [1.54, 1.807) is 10.3 Å². The second kappa shape index (κ2) is 7.65. The van der Waals surface area contributed by atoms with Crippen LogP contribution in [0.15, 0.2) is 29.6 Å². The van der Waals surface area contributed by atoms with Crippen LogP contribution in [-0.4, -0.2) is 41.4 Å². The van der Waals surface area contributed by atoms with E-state index in [-0.39, 0.29) is 17.7 Å². The van der Waals surface area contributed by atoms with Gasteiger partial charge in [0.2, 0.25) is 5.91 Å². The Labute approximate surface area is 150 Å². The molecule has 0 aliphatic carbocycles. The molecular formula is C18H21N3O3S. The van der Waals surface area contributed by atoms with Crippen LogP contribution >= 0.6 is 11.3 Å². The lowest BCUT2D eigenvalue weighted by molar-refractivity contribution is -0.123. The number of amides is 2. The van der Waals surface area contributed by atoms with Crippen molar-refractivity contribution in [3.8, 4) is 16.3 Å². The molecule has 1 aromatic carbocycles. The van der Waals surface area contributed by atoms with Crippen LogP contribution in [-0.2, 0) is 4.79 Å². The van der Waals surface area contributed by atoms with Gasteiger partial charge < -0.3 is 15.4 Å². The number of rotatable bonds is 5. The number of nitrogens with two attached hydrogens (primary N) is 1. The van der Waals surface area contributed by atoms with Gasteiger partial charge in [0.25, 0.3) is 5.91 Å². The highest BCUT2D eigenvalue weighted by Gasteiger charge is 2.27. The first-order valence-corrected chi connectivity index (χ1v) is 9.23. The number of thiazole rings is 1. The van der Waals surface area contributed by atoms with Gasteiger partial charge in [0.05, 0.1) is 6.61 Å². The summed E-state index contributed by atoms with van der Waals surface area (Å²) in [4.78, 5) is 30.0. The zero-order valence-electron chi connectivity index (χ0n) is 14.1. The van der Waals surface area contributed by atoms with Gasteiger partial charge in [0, 0.05) is 30.0 Å². The normalized spacial score (nSPS) is 15.2. The van der Waals surface area contributed by atoms with Gasteiger partial charge in [-0.3, -0.25) is 9.59 Å². The van der Waals surface area contributed by atoms with Gasteiger partial charge in [-0.25, -0.2) is 4.98 Å². The quantitative estimate of drug-likeness (QED) is 0.889. The van der Waals surface area contributed by atoms with Gasteiger partial charge in [-0.1, -0.05) is 0 Å². The molecule has 1 aliphatic rings. The van der Waals surface area contributed by atoms with Crippen molar-refractivity contribution in [3.05, 3.63) is 35.3 Å². The third kappa shape index (κ3) is 3.99. The number of nitrogens with zero attached hydrogens (tertiary/aromatic N) is 2. The second-order valence-electron chi connectivity index (χ2n) is 5.96. The lowest BCUT2D eigenvalue weighted by Gasteiger charge is -2.30. The molecule has 7 heteroatoms. The van der Waals surface area contributed by atoms with Crippen LogP contribution in [0, 0.1) is 5.92 Å². The topological polar surface area (TPSA) is 85.5 Å². The Morgan fingerprint density at radius 3 is 2.56 bits per heavy atom. The number of carbonyl (C=O) groups excluding carboxylic acids is 2. The molecule has 0 spiro atoms. The van der Waals surface area contributed by atoms with Gasteiger partial charge in [0.1, 0.15) is 16.5 Å². The second-order valence-corrected chi connectivity index (χ2v) is 6.82. The number of ether oxygens (including phenoxy) is 1. The number of benzene rings is 1. The number of carbonyl (C=O) groups is 2. The number of piperidine rings is 1. The minimum Gasteiger partial charge on any atom is -0.494 e. The molecule has 0 saturated carbocycles. The summed E-state index contributed by atoms with van der Waals surface area (Å²) in [6, 6.07) is 7.68. The Morgan fingerprint density at radius 2 is 1.96 bits per heavy atom. The van der Waals surface area contributed by atoms with E-state index in [0.29, 0.717) is 38.2 Å². The van der Waals surface area contributed by atoms with Gasteiger partial charge in [-0.15, -0.1) is 11.3 Å². The molecule has 2 aromatic rings. The smallest absolute Gasteiger partial charge is 0.273 e. The van der Waals surface area contributed by atoms with E-state index in [1.807, 2.05) is 31.2 Å². The van der Waals surface area contributed by atoms with Gasteiger partial charge in [0.15, 0.2) is 0 Å². The van der Waals surface area contributed by atoms with Crippen LogP contribution in [0.25, 0.3) is 10.6 Å². The van der Waals surface area contributed by atoms with E-state index in [4.69, 9.17) is 10.5 Å². The number of hydrogen-bond donors (Lipinski definition) is 1. The largest absolute Gasteiger partial charge is 0.494 e. The van der Waals surface area contributed by atoms with Crippen molar-refractivity contribution >= 4 is 23.2 Å². The monoisotopic (exact) mass is 359 g/mol. The highest BCUT2D eigenvalue weighted by Crippen LogP contribution is 2.27. The Hall–Kier alpha value is -2.41. The summed E-state index contributed by atoms with van der Waals surface area (Å²) < 4.78 is 5.43. The van der Waals surface area contributed by atoms with Crippen molar-refractivity contribution in [2.75, 3.05) is 19.7 Å². The SMILES string of the molecule is CCOc1ccc(-c2nc(C(=O)N3CCC(C(N)=O)CC3)cs2)cc1. The lowest BCUT2D eigenvalue weighted by atomic mass is 9.96. The van der Waals surface area contributed by atoms with Crippen molar-refractivity contribution in [2.45, 2.75) is 19.8 Å². The summed E-state index contributed by atoms with van der Waals surface area (Å²) in [6.45, 7) is 3.66. The molecule has 0 atom stereocenters. The van der Waals surface area contributed by atoms with Gasteiger partial charge in [-0.05, 0) is 44.0 Å². The molecule has 132 valence electrons. The highest BCUT2D eigenvalue weighted by molar-refractivity contribution is 7.13. The molecule has 25 heavy (non-hydrogen) atoms. The van der Waals surface area contributed by atoms with Gasteiger partial charge >= 0.3 is 0 Å². The van der Waals surface area contributed by atoms with E-state index >= 15 is 0 Å². The summed E-state index contributed by atoms with van der Waals surface area (Å²) in [5, 5.41) is 2.59. The first-order chi connectivity index (χ1) is 12.1. The van der Waals surface area contributed by atoms with Crippen LogP contribution in [0.1, 0.15) is 30.3 Å². The van der Waals surface area contributed by atoms with E-state index < -0.39 is 0 Å². The molecule has 1 fully saturated rings. The zero-order chi connectivity index (χ0) is 17.8. The number of hydrogen-bond acceptors (Lipinski definition) is 5. The van der Waals surface area contributed by atoms with Crippen LogP contribution in [0.5, 0.6) is 5.75 Å². The Morgan fingerprint density at radius 1 is 1.28 bits per heavy atom. The molecular weight excluding hydrogens is 338 g/mol. The lowest BCUT2D eigenvalue weighted by Crippen LogP contribution is -2.41. The summed E-state index contributed by atoms with van der Waals surface area (Å²) in [6.07, 6.45) is 1.24. The molecule has 1 saturated heterocycles. The van der Waals surface area contributed by atoms with Crippen LogP contribution < -0.4 is 10.5 Å². The summed E-state index contributed by atoms with van der Waals surface area (Å²) in [7, 11) is 0. The number of likely N-dealkylation sites (tertiary alicyclic amines) is 1. The molecule has 0 radical (unpaired) electrons. The molecule has 1 aliphatic heterocycles. The third-order valence-corrected chi connectivity index (χ3v) is 5.21. The maximum Gasteiger partial charge on any atom is 0.273 e. The molecule has 2 N–H and O–H groups in total. The van der Waals surface area contributed by atoms with Crippen LogP contribution in [0.2, 0.25) is 0 Å². The average Bonchev–Trinajstić information content (AvgIpc) is 3.12. The van der Waals surface area contributed by atoms with Crippen LogP contribution in [0.3, 0.4) is 0 Å². The molecule has 6 nitrogen and oxygen atoms in total. The van der Waals surface area contributed by atoms with E-state index in [1.165, 1.54) is 11.3 Å². The Balaban J connectivity index is 1.66. The third-order valence-electron chi connectivity index (χ3n) is 4.32. The zero-order valence-corrected chi connectivity index (χ0v) is 14.9. The highest BCUT2D eigenvalue weighted by atomic mass is 32.1. The van der Waals surface area contributed by atoms with Crippen molar-refractivity contribution in [2.24, 2.45) is 11.7 Å². The Bertz CT molecular complexity index is 749. The van der Waals surface area contributed by atoms with Gasteiger partial charge in [-0.2, -0.15) is 0 Å². The first kappa shape index (κ1) is 17.4. The fourth-order valence-electron chi connectivity index (χ4n) is 2.89. The molecule has 2 amide bonds. The van der Waals surface area contributed by atoms with E-state index in [9.17, 15) is 9.59 Å². The Kier molecular flexibility index (Phi) is 5.33. The summed E-state index contributed by atoms with van der Waals surface area (Å²) >= 11 is 1.45. The summed E-state index contributed by atoms with van der Waals surface area (Å²) in [5.74, 6) is 0.324. The number of aromatic nitrogens is 1. The van der Waals surface area contributed by atoms with E-state index in [2.05, 4.69) is 4.98 Å². The van der Waals surface area contributed by atoms with Crippen molar-refractivity contribution in [1.29, 1.82) is 0 Å². The van der Waals surface area contributed by atoms with Crippen LogP contribution in [0.4, 0.5) is 0 Å². The maximum absolute atomic E-state index is 12.6. The molecule has 0 unspecified atom stereocenters. The minimum atomic E-state index is -0.279. The molecule has 3 rings (SSSR count). The number of primary amides is 1. The van der Waals surface area contributed by atoms with Crippen molar-refractivity contribution in [3.63, 3.8) is 0 Å². The van der Waals surface area contributed by atoms with Crippen molar-refractivity contribution in [1.82, 2.24) is 9.88 Å². The van der Waals surface area contributed by atoms with E-state index in [0.717, 1.165) is 16.3 Å². The average molecular weight is 359 g/mol.